The summed E-state index contributed by atoms with van der Waals surface area (Å²) in [6, 6.07) is 16.7. The molecule has 2 heterocycles. The number of methoxy groups -OCH3 is 4. The van der Waals surface area contributed by atoms with Gasteiger partial charge in [-0.2, -0.15) is 12.6 Å². The quantitative estimate of drug-likeness (QED) is 0.194. The zero-order valence-corrected chi connectivity index (χ0v) is 31.7. The molecule has 274 valence electrons. The summed E-state index contributed by atoms with van der Waals surface area (Å²) in [5.41, 5.74) is 2.46. The molecular weight excluding hydrogens is 665 g/mol. The number of hydrogen-bond donors (Lipinski definition) is 2. The average Bonchev–Trinajstić information content (AvgIpc) is 3.13. The van der Waals surface area contributed by atoms with Gasteiger partial charge in [0.2, 0.25) is 0 Å². The molecule has 0 radical (unpaired) electrons. The summed E-state index contributed by atoms with van der Waals surface area (Å²) >= 11 is 5.93. The maximum Gasteiger partial charge on any atom is 0.306 e. The molecule has 0 aromatic heterocycles. The summed E-state index contributed by atoms with van der Waals surface area (Å²) in [5.74, 6) is 1.27. The Morgan fingerprint density at radius 3 is 1.59 bits per heavy atom. The van der Waals surface area contributed by atoms with Crippen LogP contribution < -0.4 is 9.47 Å². The Morgan fingerprint density at radius 1 is 0.735 bits per heavy atom. The second kappa shape index (κ2) is 23.6. The zero-order valence-electron chi connectivity index (χ0n) is 30.0. The molecule has 4 atom stereocenters. The number of carbonyl (C=O) groups excluding carboxylic acids is 3. The van der Waals surface area contributed by atoms with E-state index in [1.165, 1.54) is 50.0 Å². The normalized spacial score (nSPS) is 19.1. The molecule has 12 heteroatoms. The number of hydrogen-bond acceptors (Lipinski definition) is 12. The minimum absolute atomic E-state index is 0.0194. The third-order valence-corrected chi connectivity index (χ3v) is 10.4. The number of thioether (sulfide) groups is 1. The predicted molar refractivity (Wildman–Crippen MR) is 198 cm³/mol. The van der Waals surface area contributed by atoms with Crippen LogP contribution in [0.5, 0.6) is 11.5 Å². The van der Waals surface area contributed by atoms with Crippen molar-refractivity contribution in [3.05, 3.63) is 59.7 Å². The molecule has 0 aliphatic carbocycles. The number of rotatable bonds is 13. The molecule has 1 N–H and O–H groups in total. The van der Waals surface area contributed by atoms with Crippen molar-refractivity contribution >= 4 is 41.4 Å². The number of aliphatic hydroxyl groups excluding tert-OH is 1. The lowest BCUT2D eigenvalue weighted by molar-refractivity contribution is -0.141. The van der Waals surface area contributed by atoms with Gasteiger partial charge in [-0.3, -0.25) is 24.2 Å². The number of likely N-dealkylation sites (tertiary alicyclic amines) is 2. The minimum atomic E-state index is -0.256. The Hall–Kier alpha value is -2.77. The first-order valence-corrected chi connectivity index (χ1v) is 18.2. The number of aliphatic hydroxyl groups is 1. The van der Waals surface area contributed by atoms with Crippen molar-refractivity contribution in [1.29, 1.82) is 0 Å². The van der Waals surface area contributed by atoms with Crippen LogP contribution in [0.3, 0.4) is 0 Å². The lowest BCUT2D eigenvalue weighted by Gasteiger charge is -2.39. The number of nitrogens with zero attached hydrogens (tertiary/aromatic N) is 2. The van der Waals surface area contributed by atoms with Gasteiger partial charge in [-0.05, 0) is 74.2 Å². The van der Waals surface area contributed by atoms with Gasteiger partial charge in [0.15, 0.2) is 5.12 Å². The lowest BCUT2D eigenvalue weighted by atomic mass is 9.96. The van der Waals surface area contributed by atoms with Gasteiger partial charge in [0, 0.05) is 49.7 Å². The fraction of sp³-hybridized carbons (Fsp3) is 0.595. The third kappa shape index (κ3) is 14.9. The summed E-state index contributed by atoms with van der Waals surface area (Å²) in [5, 5.41) is 7.00. The second-order valence-electron chi connectivity index (χ2n) is 12.0. The Morgan fingerprint density at radius 2 is 1.16 bits per heavy atom. The van der Waals surface area contributed by atoms with Gasteiger partial charge in [0.25, 0.3) is 0 Å². The molecule has 2 aliphatic rings. The first kappa shape index (κ1) is 42.4. The summed E-state index contributed by atoms with van der Waals surface area (Å²) < 4.78 is 20.0. The van der Waals surface area contributed by atoms with Gasteiger partial charge < -0.3 is 24.1 Å². The van der Waals surface area contributed by atoms with E-state index in [0.29, 0.717) is 12.5 Å². The molecule has 0 bridgehead atoms. The Kier molecular flexibility index (Phi) is 20.4. The van der Waals surface area contributed by atoms with Gasteiger partial charge in [-0.25, -0.2) is 0 Å². The van der Waals surface area contributed by atoms with Crippen molar-refractivity contribution < 1.29 is 38.4 Å². The smallest absolute Gasteiger partial charge is 0.306 e. The van der Waals surface area contributed by atoms with Gasteiger partial charge in [0.05, 0.1) is 41.3 Å². The monoisotopic (exact) mass is 720 g/mol. The van der Waals surface area contributed by atoms with Crippen LogP contribution in [-0.2, 0) is 36.9 Å². The Bertz CT molecular complexity index is 1250. The molecule has 4 rings (SSSR count). The van der Waals surface area contributed by atoms with E-state index >= 15 is 0 Å². The summed E-state index contributed by atoms with van der Waals surface area (Å²) in [6.07, 6.45) is 7.38. The van der Waals surface area contributed by atoms with Gasteiger partial charge in [0.1, 0.15) is 11.5 Å². The van der Waals surface area contributed by atoms with E-state index < -0.39 is 0 Å². The van der Waals surface area contributed by atoms with Crippen molar-refractivity contribution in [3.63, 3.8) is 0 Å². The van der Waals surface area contributed by atoms with Gasteiger partial charge in [-0.15, -0.1) is 0 Å². The van der Waals surface area contributed by atoms with Crippen LogP contribution in [0, 0.1) is 0 Å². The molecule has 10 nitrogen and oxygen atoms in total. The van der Waals surface area contributed by atoms with E-state index in [2.05, 4.69) is 46.7 Å². The maximum atomic E-state index is 11.8. The second-order valence-corrected chi connectivity index (χ2v) is 14.1. The van der Waals surface area contributed by atoms with E-state index in [1.807, 2.05) is 24.3 Å². The van der Waals surface area contributed by atoms with E-state index in [0.717, 1.165) is 70.5 Å². The number of carbonyl (C=O) groups is 3. The topological polar surface area (TPSA) is 115 Å². The first-order valence-electron chi connectivity index (χ1n) is 16.8. The highest BCUT2D eigenvalue weighted by Crippen LogP contribution is 2.31. The fourth-order valence-corrected chi connectivity index (χ4v) is 7.92. The van der Waals surface area contributed by atoms with E-state index in [9.17, 15) is 14.4 Å². The number of esters is 2. The SMILES string of the molecule is CO.COC(=O)CC(S)C1CCCCN1Cc1ccc(OC)cc1.COC(=O)CC(SC(C)=O)C1CCCCN1Cc1ccc(OC)cc1. The Labute approximate surface area is 302 Å². The van der Waals surface area contributed by atoms with Crippen molar-refractivity contribution in [2.75, 3.05) is 48.6 Å². The average molecular weight is 721 g/mol. The largest absolute Gasteiger partial charge is 0.497 e. The molecule has 2 aliphatic heterocycles. The Balaban J connectivity index is 0.000000326. The first-order chi connectivity index (χ1) is 23.7. The molecule has 2 saturated heterocycles. The summed E-state index contributed by atoms with van der Waals surface area (Å²) in [7, 11) is 7.16. The van der Waals surface area contributed by atoms with Crippen LogP contribution in [-0.4, -0.2) is 103 Å². The van der Waals surface area contributed by atoms with E-state index in [-0.39, 0.29) is 40.0 Å². The molecule has 2 aromatic rings. The zero-order chi connectivity index (χ0) is 36.2. The van der Waals surface area contributed by atoms with Crippen LogP contribution in [0.15, 0.2) is 48.5 Å². The molecule has 2 aromatic carbocycles. The van der Waals surface area contributed by atoms with Crippen LogP contribution >= 0.6 is 24.4 Å². The number of benzene rings is 2. The highest BCUT2D eigenvalue weighted by atomic mass is 32.2. The van der Waals surface area contributed by atoms with E-state index in [1.54, 1.807) is 21.1 Å². The van der Waals surface area contributed by atoms with Crippen LogP contribution in [0.2, 0.25) is 0 Å². The molecular formula is C37H56N2O8S2. The van der Waals surface area contributed by atoms with Crippen molar-refractivity contribution in [2.24, 2.45) is 0 Å². The number of thiol groups is 1. The van der Waals surface area contributed by atoms with Crippen LogP contribution in [0.25, 0.3) is 0 Å². The van der Waals surface area contributed by atoms with E-state index in [4.69, 9.17) is 24.1 Å². The molecule has 0 spiro atoms. The van der Waals surface area contributed by atoms with Crippen molar-refractivity contribution in [1.82, 2.24) is 9.80 Å². The number of piperidine rings is 2. The molecule has 0 saturated carbocycles. The third-order valence-electron chi connectivity index (χ3n) is 8.81. The van der Waals surface area contributed by atoms with Gasteiger partial charge in [-0.1, -0.05) is 48.9 Å². The summed E-state index contributed by atoms with van der Waals surface area (Å²) in [6.45, 7) is 5.28. The molecule has 49 heavy (non-hydrogen) atoms. The fourth-order valence-electron chi connectivity index (χ4n) is 6.32. The standard InChI is InChI=1S/C19H27NO4S.C17H25NO3S.CH4O/c1-14(21)25-18(12-19(22)24-3)17-6-4-5-11-20(17)13-15-7-9-16(23-2)10-8-15;1-20-14-8-6-13(7-9-14)12-18-10-4-3-5-15(18)16(22)11-17(19)21-2;1-2/h7-10,17-18H,4-6,11-13H2,1-3H3;6-9,15-16,22H,3-5,10-12H2,1-2H3;2H,1H3. The maximum absolute atomic E-state index is 11.8. The highest BCUT2D eigenvalue weighted by Gasteiger charge is 2.33. The lowest BCUT2D eigenvalue weighted by Crippen LogP contribution is -2.46. The highest BCUT2D eigenvalue weighted by molar-refractivity contribution is 8.14. The van der Waals surface area contributed by atoms with Crippen LogP contribution in [0.4, 0.5) is 0 Å². The van der Waals surface area contributed by atoms with Crippen molar-refractivity contribution in [3.8, 4) is 11.5 Å². The predicted octanol–water partition coefficient (Wildman–Crippen LogP) is 5.78. The molecule has 2 fully saturated rings. The minimum Gasteiger partial charge on any atom is -0.497 e. The summed E-state index contributed by atoms with van der Waals surface area (Å²) in [4.78, 5) is 39.8. The van der Waals surface area contributed by atoms with Crippen molar-refractivity contribution in [2.45, 2.75) is 94.0 Å². The molecule has 4 unspecified atom stereocenters. The molecule has 0 amide bonds. The van der Waals surface area contributed by atoms with Crippen LogP contribution in [0.1, 0.15) is 69.4 Å². The van der Waals surface area contributed by atoms with Gasteiger partial charge >= 0.3 is 11.9 Å². The number of ether oxygens (including phenoxy) is 4.